The van der Waals surface area contributed by atoms with Gasteiger partial charge in [0, 0.05) is 60.8 Å². The van der Waals surface area contributed by atoms with Crippen molar-refractivity contribution in [3.05, 3.63) is 36.7 Å². The van der Waals surface area contributed by atoms with Crippen LogP contribution in [0, 0.1) is 5.92 Å². The first-order valence-electron chi connectivity index (χ1n) is 10.1. The fourth-order valence-corrected chi connectivity index (χ4v) is 6.08. The largest absolute Gasteiger partial charge is 0.472 e. The zero-order chi connectivity index (χ0) is 19.6. The number of aliphatic hydroxyl groups excluding tert-OH is 1. The first-order valence-corrected chi connectivity index (χ1v) is 11.7. The number of nitrogens with zero attached hydrogens (tertiary/aromatic N) is 4. The third-order valence-corrected chi connectivity index (χ3v) is 7.92. The number of nitrogens with one attached hydrogen (secondary N) is 1. The SMILES string of the molecule is OCC1CCN(c2nccnc2O[C@H]2C[C@H](NN3Sc4ccccc4S3)C2)CC1. The molecule has 5 rings (SSSR count). The van der Waals surface area contributed by atoms with Crippen LogP contribution in [0.2, 0.25) is 0 Å². The van der Waals surface area contributed by atoms with Gasteiger partial charge in [-0.05, 0) is 54.8 Å². The Kier molecular flexibility index (Phi) is 5.83. The second-order valence-electron chi connectivity index (χ2n) is 7.72. The van der Waals surface area contributed by atoms with E-state index in [0.29, 0.717) is 17.8 Å². The van der Waals surface area contributed by atoms with E-state index < -0.39 is 0 Å². The Morgan fingerprint density at radius 1 is 1.07 bits per heavy atom. The molecule has 2 N–H and O–H groups in total. The lowest BCUT2D eigenvalue weighted by Crippen LogP contribution is -2.49. The molecule has 1 saturated carbocycles. The van der Waals surface area contributed by atoms with Gasteiger partial charge in [-0.3, -0.25) is 0 Å². The van der Waals surface area contributed by atoms with E-state index in [2.05, 4.69) is 48.4 Å². The molecule has 1 saturated heterocycles. The van der Waals surface area contributed by atoms with E-state index in [4.69, 9.17) is 4.74 Å². The zero-order valence-electron chi connectivity index (χ0n) is 16.1. The molecule has 3 heterocycles. The van der Waals surface area contributed by atoms with Crippen LogP contribution in [0.15, 0.2) is 46.5 Å². The lowest BCUT2D eigenvalue weighted by atomic mass is 9.90. The number of anilines is 1. The fourth-order valence-electron chi connectivity index (χ4n) is 3.87. The highest BCUT2D eigenvalue weighted by Gasteiger charge is 2.35. The summed E-state index contributed by atoms with van der Waals surface area (Å²) >= 11 is 3.48. The molecule has 1 aliphatic carbocycles. The third-order valence-electron chi connectivity index (χ3n) is 5.69. The summed E-state index contributed by atoms with van der Waals surface area (Å²) in [4.78, 5) is 13.8. The van der Waals surface area contributed by atoms with Crippen molar-refractivity contribution < 1.29 is 9.84 Å². The number of hydrogen-bond donors (Lipinski definition) is 2. The highest BCUT2D eigenvalue weighted by atomic mass is 32.2. The molecular formula is C20H25N5O2S2. The molecule has 3 aliphatic rings. The summed E-state index contributed by atoms with van der Waals surface area (Å²) in [6.45, 7) is 2.05. The Hall–Kier alpha value is -1.52. The van der Waals surface area contributed by atoms with Gasteiger partial charge in [-0.2, -0.15) is 0 Å². The fraction of sp³-hybridized carbons (Fsp3) is 0.500. The Bertz CT molecular complexity index is 818. The molecule has 1 aromatic carbocycles. The first-order chi connectivity index (χ1) is 14.3. The van der Waals surface area contributed by atoms with Crippen molar-refractivity contribution in [2.75, 3.05) is 24.6 Å². The normalized spacial score (nSPS) is 24.9. The topological polar surface area (TPSA) is 73.8 Å². The molecule has 9 heteroatoms. The minimum Gasteiger partial charge on any atom is -0.472 e. The Labute approximate surface area is 179 Å². The van der Waals surface area contributed by atoms with Crippen LogP contribution in [-0.2, 0) is 0 Å². The smallest absolute Gasteiger partial charge is 0.257 e. The second-order valence-corrected chi connectivity index (χ2v) is 9.93. The molecule has 7 nitrogen and oxygen atoms in total. The number of piperidine rings is 1. The summed E-state index contributed by atoms with van der Waals surface area (Å²) in [5.74, 6) is 1.87. The number of rotatable bonds is 6. The molecule has 0 atom stereocenters. The van der Waals surface area contributed by atoms with Gasteiger partial charge in [0.2, 0.25) is 0 Å². The maximum absolute atomic E-state index is 9.36. The number of hydrogen-bond acceptors (Lipinski definition) is 9. The predicted molar refractivity (Wildman–Crippen MR) is 115 cm³/mol. The zero-order valence-corrected chi connectivity index (χ0v) is 17.7. The maximum Gasteiger partial charge on any atom is 0.257 e. The van der Waals surface area contributed by atoms with E-state index in [1.807, 2.05) is 0 Å². The molecule has 0 amide bonds. The van der Waals surface area contributed by atoms with Gasteiger partial charge in [0.05, 0.1) is 0 Å². The molecule has 0 bridgehead atoms. The van der Waals surface area contributed by atoms with Gasteiger partial charge in [0.15, 0.2) is 5.82 Å². The van der Waals surface area contributed by atoms with E-state index in [1.54, 1.807) is 36.3 Å². The Balaban J connectivity index is 1.13. The van der Waals surface area contributed by atoms with E-state index in [9.17, 15) is 5.11 Å². The monoisotopic (exact) mass is 431 g/mol. The van der Waals surface area contributed by atoms with Gasteiger partial charge in [-0.25, -0.2) is 15.4 Å². The van der Waals surface area contributed by atoms with E-state index in [-0.39, 0.29) is 12.7 Å². The van der Waals surface area contributed by atoms with Gasteiger partial charge in [-0.15, -0.1) is 3.82 Å². The molecule has 1 aromatic heterocycles. The number of hydrazine groups is 1. The van der Waals surface area contributed by atoms with E-state index in [0.717, 1.165) is 44.6 Å². The molecular weight excluding hydrogens is 406 g/mol. The van der Waals surface area contributed by atoms with Gasteiger partial charge >= 0.3 is 0 Å². The Morgan fingerprint density at radius 2 is 1.76 bits per heavy atom. The Morgan fingerprint density at radius 3 is 2.45 bits per heavy atom. The van der Waals surface area contributed by atoms with Crippen LogP contribution >= 0.6 is 23.9 Å². The van der Waals surface area contributed by atoms with Crippen LogP contribution in [0.1, 0.15) is 25.7 Å². The van der Waals surface area contributed by atoms with Gasteiger partial charge in [-0.1, -0.05) is 12.1 Å². The molecule has 2 aliphatic heterocycles. The minimum atomic E-state index is 0.165. The summed E-state index contributed by atoms with van der Waals surface area (Å²) in [6.07, 6.45) is 7.46. The van der Waals surface area contributed by atoms with Crippen molar-refractivity contribution in [2.24, 2.45) is 5.92 Å². The predicted octanol–water partition coefficient (Wildman–Crippen LogP) is 3.13. The quantitative estimate of drug-likeness (QED) is 0.671. The van der Waals surface area contributed by atoms with Crippen LogP contribution in [0.5, 0.6) is 5.88 Å². The number of aliphatic hydroxyl groups is 1. The highest BCUT2D eigenvalue weighted by Crippen LogP contribution is 2.45. The number of fused-ring (bicyclic) bond motifs is 1. The van der Waals surface area contributed by atoms with Crippen LogP contribution < -0.4 is 15.1 Å². The van der Waals surface area contributed by atoms with Crippen molar-refractivity contribution in [3.63, 3.8) is 0 Å². The summed E-state index contributed by atoms with van der Waals surface area (Å²) in [5.41, 5.74) is 3.58. The minimum absolute atomic E-state index is 0.165. The molecule has 2 fully saturated rings. The van der Waals surface area contributed by atoms with Gasteiger partial charge < -0.3 is 14.7 Å². The number of ether oxygens (including phenoxy) is 1. The molecule has 154 valence electrons. The average Bonchev–Trinajstić information content (AvgIpc) is 3.15. The van der Waals surface area contributed by atoms with Gasteiger partial charge in [0.1, 0.15) is 6.10 Å². The van der Waals surface area contributed by atoms with Crippen LogP contribution in [0.25, 0.3) is 0 Å². The highest BCUT2D eigenvalue weighted by molar-refractivity contribution is 8.14. The van der Waals surface area contributed by atoms with Crippen LogP contribution in [-0.4, -0.2) is 50.7 Å². The van der Waals surface area contributed by atoms with Crippen molar-refractivity contribution in [1.29, 1.82) is 0 Å². The summed E-state index contributed by atoms with van der Waals surface area (Å²) < 4.78 is 8.35. The summed E-state index contributed by atoms with van der Waals surface area (Å²) in [7, 11) is 0. The lowest BCUT2D eigenvalue weighted by Gasteiger charge is -2.38. The average molecular weight is 432 g/mol. The summed E-state index contributed by atoms with van der Waals surface area (Å²) in [5, 5.41) is 9.36. The lowest BCUT2D eigenvalue weighted by molar-refractivity contribution is 0.0708. The first kappa shape index (κ1) is 19.4. The maximum atomic E-state index is 9.36. The molecule has 2 aromatic rings. The molecule has 29 heavy (non-hydrogen) atoms. The number of aromatic nitrogens is 2. The summed E-state index contributed by atoms with van der Waals surface area (Å²) in [6, 6.07) is 8.87. The molecule has 0 unspecified atom stereocenters. The standard InChI is InChI=1S/C20H25N5O2S2/c26-13-14-5-9-24(10-6-14)19-20(22-8-7-21-19)27-16-11-15(12-16)23-25-28-17-3-1-2-4-18(17)29-25/h1-4,7-8,14-16,23,26H,5-6,9-13H2/t15-,16-. The number of benzene rings is 1. The van der Waals surface area contributed by atoms with E-state index >= 15 is 0 Å². The van der Waals surface area contributed by atoms with E-state index in [1.165, 1.54) is 9.79 Å². The van der Waals surface area contributed by atoms with Crippen LogP contribution in [0.3, 0.4) is 0 Å². The van der Waals surface area contributed by atoms with Crippen molar-refractivity contribution in [3.8, 4) is 5.88 Å². The second kappa shape index (κ2) is 8.69. The van der Waals surface area contributed by atoms with Gasteiger partial charge in [0.25, 0.3) is 5.88 Å². The van der Waals surface area contributed by atoms with Crippen molar-refractivity contribution in [1.82, 2.24) is 19.2 Å². The molecule has 0 radical (unpaired) electrons. The molecule has 0 spiro atoms. The third kappa shape index (κ3) is 4.34. The van der Waals surface area contributed by atoms with Crippen molar-refractivity contribution in [2.45, 2.75) is 47.6 Å². The van der Waals surface area contributed by atoms with Crippen molar-refractivity contribution >= 4 is 29.7 Å². The van der Waals surface area contributed by atoms with Crippen LogP contribution in [0.4, 0.5) is 5.82 Å².